The molecule has 0 bridgehead atoms. The van der Waals surface area contributed by atoms with Gasteiger partial charge in [-0.1, -0.05) is 6.07 Å². The summed E-state index contributed by atoms with van der Waals surface area (Å²) in [6.45, 7) is 0.168. The molecule has 0 radical (unpaired) electrons. The maximum absolute atomic E-state index is 12.1. The van der Waals surface area contributed by atoms with Crippen molar-refractivity contribution in [1.29, 1.82) is 0 Å². The molecular weight excluding hydrogens is 285 g/mol. The fourth-order valence-electron chi connectivity index (χ4n) is 1.31. The minimum atomic E-state index is -4.87. The van der Waals surface area contributed by atoms with Crippen LogP contribution in [0, 0.1) is 0 Å². The van der Waals surface area contributed by atoms with Crippen molar-refractivity contribution in [2.24, 2.45) is 5.73 Å². The standard InChI is InChI=1S/C10H13F3N2O3S/c1-15(6-5-14)19(16,17)9-4-2-3-8(7-9)18-10(11,12)13/h2-4,7H,5-6,14H2,1H3. The molecule has 0 amide bonds. The van der Waals surface area contributed by atoms with Gasteiger partial charge in [0.1, 0.15) is 5.75 Å². The number of nitrogens with zero attached hydrogens (tertiary/aromatic N) is 1. The topological polar surface area (TPSA) is 72.6 Å². The van der Waals surface area contributed by atoms with Crippen molar-refractivity contribution in [3.8, 4) is 5.75 Å². The molecule has 19 heavy (non-hydrogen) atoms. The normalized spacial score (nSPS) is 12.7. The van der Waals surface area contributed by atoms with Crippen LogP contribution in [0.1, 0.15) is 0 Å². The van der Waals surface area contributed by atoms with Gasteiger partial charge in [-0.3, -0.25) is 0 Å². The van der Waals surface area contributed by atoms with Crippen molar-refractivity contribution in [3.63, 3.8) is 0 Å². The molecule has 108 valence electrons. The van der Waals surface area contributed by atoms with Gasteiger partial charge in [0, 0.05) is 26.2 Å². The number of halogens is 3. The second kappa shape index (κ2) is 5.76. The molecule has 9 heteroatoms. The van der Waals surface area contributed by atoms with Gasteiger partial charge in [-0.2, -0.15) is 4.31 Å². The van der Waals surface area contributed by atoms with E-state index in [2.05, 4.69) is 4.74 Å². The molecule has 0 aliphatic carbocycles. The summed E-state index contributed by atoms with van der Waals surface area (Å²) in [6, 6.07) is 4.20. The summed E-state index contributed by atoms with van der Waals surface area (Å²) in [4.78, 5) is -0.287. The van der Waals surface area contributed by atoms with E-state index in [1.54, 1.807) is 0 Å². The van der Waals surface area contributed by atoms with Gasteiger partial charge in [0.2, 0.25) is 10.0 Å². The molecule has 1 aromatic carbocycles. The van der Waals surface area contributed by atoms with E-state index in [-0.39, 0.29) is 18.0 Å². The molecule has 0 atom stereocenters. The number of alkyl halides is 3. The van der Waals surface area contributed by atoms with Crippen molar-refractivity contribution in [1.82, 2.24) is 4.31 Å². The fraction of sp³-hybridized carbons (Fsp3) is 0.400. The number of hydrogen-bond donors (Lipinski definition) is 1. The average Bonchev–Trinajstić information content (AvgIpc) is 2.27. The number of benzene rings is 1. The quantitative estimate of drug-likeness (QED) is 0.885. The van der Waals surface area contributed by atoms with E-state index in [1.165, 1.54) is 19.2 Å². The highest BCUT2D eigenvalue weighted by atomic mass is 32.2. The van der Waals surface area contributed by atoms with Gasteiger partial charge >= 0.3 is 6.36 Å². The van der Waals surface area contributed by atoms with Gasteiger partial charge in [0.25, 0.3) is 0 Å². The first-order valence-electron chi connectivity index (χ1n) is 5.19. The van der Waals surface area contributed by atoms with E-state index in [4.69, 9.17) is 5.73 Å². The molecule has 0 unspecified atom stereocenters. The maximum Gasteiger partial charge on any atom is 0.573 e. The predicted molar refractivity (Wildman–Crippen MR) is 62.0 cm³/mol. The number of hydrogen-bond acceptors (Lipinski definition) is 4. The van der Waals surface area contributed by atoms with E-state index in [1.807, 2.05) is 0 Å². The van der Waals surface area contributed by atoms with Crippen LogP contribution in [0.4, 0.5) is 13.2 Å². The van der Waals surface area contributed by atoms with E-state index >= 15 is 0 Å². The van der Waals surface area contributed by atoms with Crippen molar-refractivity contribution < 1.29 is 26.3 Å². The summed E-state index contributed by atoms with van der Waals surface area (Å²) in [6.07, 6.45) is -4.87. The largest absolute Gasteiger partial charge is 0.573 e. The highest BCUT2D eigenvalue weighted by molar-refractivity contribution is 7.89. The lowest BCUT2D eigenvalue weighted by atomic mass is 10.3. The van der Waals surface area contributed by atoms with Crippen LogP contribution in [0.25, 0.3) is 0 Å². The number of ether oxygens (including phenoxy) is 1. The first kappa shape index (κ1) is 15.7. The Morgan fingerprint density at radius 3 is 2.53 bits per heavy atom. The van der Waals surface area contributed by atoms with E-state index < -0.39 is 22.1 Å². The smallest absolute Gasteiger partial charge is 0.406 e. The highest BCUT2D eigenvalue weighted by Gasteiger charge is 2.31. The van der Waals surface area contributed by atoms with Gasteiger partial charge in [-0.05, 0) is 12.1 Å². The Balaban J connectivity index is 3.05. The van der Waals surface area contributed by atoms with Gasteiger partial charge < -0.3 is 10.5 Å². The predicted octanol–water partition coefficient (Wildman–Crippen LogP) is 1.16. The lowest BCUT2D eigenvalue weighted by Crippen LogP contribution is -2.31. The average molecular weight is 298 g/mol. The van der Waals surface area contributed by atoms with E-state index in [0.29, 0.717) is 0 Å². The van der Waals surface area contributed by atoms with Crippen LogP contribution in [0.15, 0.2) is 29.2 Å². The second-order valence-electron chi connectivity index (χ2n) is 3.64. The monoisotopic (exact) mass is 298 g/mol. The van der Waals surface area contributed by atoms with Crippen LogP contribution in [0.2, 0.25) is 0 Å². The Morgan fingerprint density at radius 1 is 1.37 bits per heavy atom. The molecule has 0 saturated heterocycles. The number of sulfonamides is 1. The van der Waals surface area contributed by atoms with Crippen LogP contribution in [0.5, 0.6) is 5.75 Å². The molecule has 1 rings (SSSR count). The molecule has 0 aromatic heterocycles. The Labute approximate surface area is 108 Å². The SMILES string of the molecule is CN(CCN)S(=O)(=O)c1cccc(OC(F)(F)F)c1. The minimum Gasteiger partial charge on any atom is -0.406 e. The van der Waals surface area contributed by atoms with Gasteiger partial charge in [-0.15, -0.1) is 13.2 Å². The van der Waals surface area contributed by atoms with Crippen molar-refractivity contribution in [2.45, 2.75) is 11.3 Å². The van der Waals surface area contributed by atoms with Gasteiger partial charge in [0.05, 0.1) is 4.90 Å². The number of rotatable bonds is 5. The molecule has 0 spiro atoms. The Bertz CT molecular complexity index is 531. The highest BCUT2D eigenvalue weighted by Crippen LogP contribution is 2.25. The van der Waals surface area contributed by atoms with Crippen molar-refractivity contribution in [3.05, 3.63) is 24.3 Å². The maximum atomic E-state index is 12.1. The van der Waals surface area contributed by atoms with E-state index in [0.717, 1.165) is 16.4 Å². The van der Waals surface area contributed by atoms with Crippen LogP contribution in [-0.4, -0.2) is 39.2 Å². The molecule has 0 heterocycles. The fourth-order valence-corrected chi connectivity index (χ4v) is 2.53. The van der Waals surface area contributed by atoms with Crippen LogP contribution < -0.4 is 10.5 Å². The summed E-state index contributed by atoms with van der Waals surface area (Å²) >= 11 is 0. The third-order valence-electron chi connectivity index (χ3n) is 2.19. The Kier molecular flexibility index (Phi) is 4.77. The van der Waals surface area contributed by atoms with Crippen molar-refractivity contribution >= 4 is 10.0 Å². The summed E-state index contributed by atoms with van der Waals surface area (Å²) < 4.78 is 64.7. The van der Waals surface area contributed by atoms with Crippen LogP contribution >= 0.6 is 0 Å². The second-order valence-corrected chi connectivity index (χ2v) is 5.68. The summed E-state index contributed by atoms with van der Waals surface area (Å²) in [5.74, 6) is -0.588. The minimum absolute atomic E-state index is 0.0622. The third-order valence-corrected chi connectivity index (χ3v) is 4.04. The number of likely N-dealkylation sites (N-methyl/N-ethyl adjacent to an activating group) is 1. The van der Waals surface area contributed by atoms with Crippen LogP contribution in [0.3, 0.4) is 0 Å². The molecule has 0 saturated carbocycles. The Morgan fingerprint density at radius 2 is 2.00 bits per heavy atom. The van der Waals surface area contributed by atoms with Gasteiger partial charge in [0.15, 0.2) is 0 Å². The number of nitrogens with two attached hydrogens (primary N) is 1. The Hall–Kier alpha value is -1.32. The summed E-state index contributed by atoms with van der Waals surface area (Å²) in [5.41, 5.74) is 5.24. The van der Waals surface area contributed by atoms with Crippen LogP contribution in [-0.2, 0) is 10.0 Å². The summed E-state index contributed by atoms with van der Waals surface area (Å²) in [5, 5.41) is 0. The summed E-state index contributed by atoms with van der Waals surface area (Å²) in [7, 11) is -2.58. The van der Waals surface area contributed by atoms with Gasteiger partial charge in [-0.25, -0.2) is 8.42 Å². The molecule has 2 N–H and O–H groups in total. The third kappa shape index (κ3) is 4.37. The lowest BCUT2D eigenvalue weighted by molar-refractivity contribution is -0.274. The molecular formula is C10H13F3N2O3S. The zero-order valence-electron chi connectivity index (χ0n) is 10.0. The molecule has 5 nitrogen and oxygen atoms in total. The molecule has 0 aliphatic heterocycles. The first-order chi connectivity index (χ1) is 8.66. The molecule has 1 aromatic rings. The zero-order chi connectivity index (χ0) is 14.7. The molecule has 0 aliphatic rings. The lowest BCUT2D eigenvalue weighted by Gasteiger charge is -2.17. The molecule has 0 fully saturated rings. The zero-order valence-corrected chi connectivity index (χ0v) is 10.8. The van der Waals surface area contributed by atoms with Crippen molar-refractivity contribution in [2.75, 3.05) is 20.1 Å². The van der Waals surface area contributed by atoms with E-state index in [9.17, 15) is 21.6 Å². The first-order valence-corrected chi connectivity index (χ1v) is 6.63.